The molecule has 0 amide bonds. The maximum atomic E-state index is 3.90. The minimum absolute atomic E-state index is 0.972. The Morgan fingerprint density at radius 3 is 2.75 bits per heavy atom. The van der Waals surface area contributed by atoms with Gasteiger partial charge in [0.05, 0.1) is 5.69 Å². The van der Waals surface area contributed by atoms with Gasteiger partial charge in [0.15, 0.2) is 0 Å². The minimum atomic E-state index is 0.972. The number of rotatable bonds is 1. The molecule has 1 heterocycles. The zero-order valence-electron chi connectivity index (χ0n) is 4.39. The molecule has 8 heavy (non-hydrogen) atoms. The van der Waals surface area contributed by atoms with Gasteiger partial charge in [-0.1, -0.05) is 27.1 Å². The Morgan fingerprint density at radius 2 is 2.50 bits per heavy atom. The molecule has 2 nitrogen and oxygen atoms in total. The fourth-order valence-corrected chi connectivity index (χ4v) is 1.84. The van der Waals surface area contributed by atoms with E-state index in [1.165, 1.54) is 16.4 Å². The van der Waals surface area contributed by atoms with Crippen LogP contribution in [-0.4, -0.2) is 9.59 Å². The van der Waals surface area contributed by atoms with Crippen molar-refractivity contribution in [1.82, 2.24) is 9.59 Å². The van der Waals surface area contributed by atoms with Crippen molar-refractivity contribution < 1.29 is 0 Å². The van der Waals surface area contributed by atoms with E-state index in [2.05, 4.69) is 32.2 Å². The van der Waals surface area contributed by atoms with Crippen LogP contribution in [0.4, 0.5) is 0 Å². The van der Waals surface area contributed by atoms with Crippen molar-refractivity contribution in [2.75, 3.05) is 0 Å². The van der Waals surface area contributed by atoms with Crippen LogP contribution in [0.15, 0.2) is 0 Å². The molecular weight excluding hydrogens is 235 g/mol. The van der Waals surface area contributed by atoms with Crippen LogP contribution in [0.3, 0.4) is 0 Å². The predicted octanol–water partition coefficient (Wildman–Crippen LogP) is 1.78. The van der Waals surface area contributed by atoms with E-state index >= 15 is 0 Å². The second-order valence-electron chi connectivity index (χ2n) is 1.41. The van der Waals surface area contributed by atoms with E-state index in [1.54, 1.807) is 0 Å². The lowest BCUT2D eigenvalue weighted by Gasteiger charge is -1.81. The van der Waals surface area contributed by atoms with Crippen LogP contribution in [-0.2, 0) is 4.43 Å². The Labute approximate surface area is 65.6 Å². The van der Waals surface area contributed by atoms with Gasteiger partial charge in [-0.15, -0.1) is 5.10 Å². The second-order valence-corrected chi connectivity index (χ2v) is 3.13. The van der Waals surface area contributed by atoms with E-state index in [-0.39, 0.29) is 0 Å². The van der Waals surface area contributed by atoms with E-state index in [0.717, 1.165) is 10.1 Å². The van der Waals surface area contributed by atoms with E-state index in [0.29, 0.717) is 0 Å². The van der Waals surface area contributed by atoms with Gasteiger partial charge in [-0.3, -0.25) is 0 Å². The standard InChI is InChI=1S/C4H5IN2S/c1-3-4(2-5)6-7-8-3/h2H2,1H3. The lowest BCUT2D eigenvalue weighted by molar-refractivity contribution is 1.07. The maximum absolute atomic E-state index is 3.90. The van der Waals surface area contributed by atoms with Crippen molar-refractivity contribution in [3.8, 4) is 0 Å². The second kappa shape index (κ2) is 2.72. The van der Waals surface area contributed by atoms with Crippen LogP contribution in [0.1, 0.15) is 10.6 Å². The highest BCUT2D eigenvalue weighted by molar-refractivity contribution is 14.1. The number of nitrogens with zero attached hydrogens (tertiary/aromatic N) is 2. The molecule has 0 saturated heterocycles. The van der Waals surface area contributed by atoms with Crippen molar-refractivity contribution in [3.05, 3.63) is 10.6 Å². The SMILES string of the molecule is Cc1snnc1CI. The molecule has 0 fully saturated rings. The van der Waals surface area contributed by atoms with Crippen LogP contribution >= 0.6 is 34.1 Å². The smallest absolute Gasteiger partial charge is 0.0881 e. The molecule has 1 aromatic rings. The van der Waals surface area contributed by atoms with Gasteiger partial charge in [0, 0.05) is 9.30 Å². The molecule has 1 aromatic heterocycles. The normalized spacial score (nSPS) is 9.75. The number of alkyl halides is 1. The van der Waals surface area contributed by atoms with Crippen molar-refractivity contribution in [3.63, 3.8) is 0 Å². The van der Waals surface area contributed by atoms with Crippen molar-refractivity contribution >= 4 is 34.1 Å². The molecule has 0 radical (unpaired) electrons. The summed E-state index contributed by atoms with van der Waals surface area (Å²) in [5.41, 5.74) is 1.12. The highest BCUT2D eigenvalue weighted by atomic mass is 127. The first-order valence-electron chi connectivity index (χ1n) is 2.18. The molecule has 0 unspecified atom stereocenters. The third kappa shape index (κ3) is 1.17. The van der Waals surface area contributed by atoms with Gasteiger partial charge in [-0.25, -0.2) is 0 Å². The van der Waals surface area contributed by atoms with E-state index in [9.17, 15) is 0 Å². The fraction of sp³-hybridized carbons (Fsp3) is 0.500. The zero-order valence-corrected chi connectivity index (χ0v) is 7.36. The van der Waals surface area contributed by atoms with Crippen LogP contribution in [0, 0.1) is 6.92 Å². The molecule has 1 rings (SSSR count). The quantitative estimate of drug-likeness (QED) is 0.552. The van der Waals surface area contributed by atoms with Crippen LogP contribution in [0.25, 0.3) is 0 Å². The van der Waals surface area contributed by atoms with Gasteiger partial charge < -0.3 is 0 Å². The average Bonchev–Trinajstić information content (AvgIpc) is 2.14. The van der Waals surface area contributed by atoms with Crippen LogP contribution in [0.5, 0.6) is 0 Å². The summed E-state index contributed by atoms with van der Waals surface area (Å²) in [5, 5.41) is 3.90. The highest BCUT2D eigenvalue weighted by Crippen LogP contribution is 2.10. The Balaban J connectivity index is 2.92. The summed E-state index contributed by atoms with van der Waals surface area (Å²) >= 11 is 3.74. The average molecular weight is 240 g/mol. The van der Waals surface area contributed by atoms with Gasteiger partial charge in [0.1, 0.15) is 0 Å². The zero-order chi connectivity index (χ0) is 5.98. The topological polar surface area (TPSA) is 25.8 Å². The molecule has 0 aliphatic carbocycles. The molecule has 0 atom stereocenters. The molecule has 0 aliphatic heterocycles. The summed E-state index contributed by atoms with van der Waals surface area (Å²) in [4.78, 5) is 1.24. The van der Waals surface area contributed by atoms with E-state index in [4.69, 9.17) is 0 Å². The molecule has 0 N–H and O–H groups in total. The van der Waals surface area contributed by atoms with Gasteiger partial charge in [0.2, 0.25) is 0 Å². The third-order valence-electron chi connectivity index (χ3n) is 0.872. The molecular formula is C4H5IN2S. The van der Waals surface area contributed by atoms with Crippen molar-refractivity contribution in [1.29, 1.82) is 0 Å². The Kier molecular flexibility index (Phi) is 2.18. The molecule has 0 bridgehead atoms. The van der Waals surface area contributed by atoms with E-state index < -0.39 is 0 Å². The maximum Gasteiger partial charge on any atom is 0.0881 e. The fourth-order valence-electron chi connectivity index (χ4n) is 0.375. The first-order valence-corrected chi connectivity index (χ1v) is 4.48. The largest absolute Gasteiger partial charge is 0.142 e. The lowest BCUT2D eigenvalue weighted by Crippen LogP contribution is -1.77. The number of aryl methyl sites for hydroxylation is 1. The molecule has 0 aliphatic rings. The number of halogens is 1. The summed E-state index contributed by atoms with van der Waals surface area (Å²) in [7, 11) is 0. The first-order chi connectivity index (χ1) is 3.84. The number of hydrogen-bond donors (Lipinski definition) is 0. The summed E-state index contributed by atoms with van der Waals surface area (Å²) in [6.07, 6.45) is 0. The summed E-state index contributed by atoms with van der Waals surface area (Å²) in [5.74, 6) is 0. The van der Waals surface area contributed by atoms with E-state index in [1.807, 2.05) is 6.92 Å². The summed E-state index contributed by atoms with van der Waals surface area (Å²) in [6, 6.07) is 0. The summed E-state index contributed by atoms with van der Waals surface area (Å²) < 4.78 is 4.75. The number of aromatic nitrogens is 2. The van der Waals surface area contributed by atoms with Gasteiger partial charge in [-0.05, 0) is 18.5 Å². The van der Waals surface area contributed by atoms with Crippen molar-refractivity contribution in [2.24, 2.45) is 0 Å². The lowest BCUT2D eigenvalue weighted by atomic mass is 10.4. The Bertz CT molecular complexity index is 174. The summed E-state index contributed by atoms with van der Waals surface area (Å²) in [6.45, 7) is 2.04. The van der Waals surface area contributed by atoms with Crippen molar-refractivity contribution in [2.45, 2.75) is 11.4 Å². The predicted molar refractivity (Wildman–Crippen MR) is 42.4 cm³/mol. The van der Waals surface area contributed by atoms with Gasteiger partial charge in [0.25, 0.3) is 0 Å². The Morgan fingerprint density at radius 1 is 1.75 bits per heavy atom. The first kappa shape index (κ1) is 6.41. The van der Waals surface area contributed by atoms with Crippen LogP contribution in [0.2, 0.25) is 0 Å². The molecule has 0 aromatic carbocycles. The molecule has 44 valence electrons. The minimum Gasteiger partial charge on any atom is -0.142 e. The van der Waals surface area contributed by atoms with Crippen LogP contribution < -0.4 is 0 Å². The molecule has 0 saturated carbocycles. The van der Waals surface area contributed by atoms with Gasteiger partial charge >= 0.3 is 0 Å². The van der Waals surface area contributed by atoms with Gasteiger partial charge in [-0.2, -0.15) is 0 Å². The third-order valence-corrected chi connectivity index (χ3v) is 2.27. The Hall–Kier alpha value is 0.290. The molecule has 4 heteroatoms. The highest BCUT2D eigenvalue weighted by Gasteiger charge is 1.97. The monoisotopic (exact) mass is 240 g/mol. The number of hydrogen-bond acceptors (Lipinski definition) is 3. The molecule has 0 spiro atoms.